The molecular weight excluding hydrogens is 316 g/mol. The molecule has 6 heteroatoms. The topological polar surface area (TPSA) is 77.8 Å². The van der Waals surface area contributed by atoms with Gasteiger partial charge in [-0.1, -0.05) is 0 Å². The van der Waals surface area contributed by atoms with Crippen molar-refractivity contribution in [2.24, 2.45) is 4.99 Å². The molecule has 0 amide bonds. The number of anilines is 2. The lowest BCUT2D eigenvalue weighted by Crippen LogP contribution is -2.48. The molecule has 2 aromatic rings. The quantitative estimate of drug-likeness (QED) is 0.881. The van der Waals surface area contributed by atoms with Crippen molar-refractivity contribution < 1.29 is 9.90 Å². The minimum atomic E-state index is -1.56. The van der Waals surface area contributed by atoms with Crippen LogP contribution < -0.4 is 10.2 Å². The number of nitrogens with one attached hydrogen (secondary N) is 1. The Morgan fingerprint density at radius 2 is 2.00 bits per heavy atom. The van der Waals surface area contributed by atoms with Crippen LogP contribution in [0.15, 0.2) is 35.5 Å². The van der Waals surface area contributed by atoms with Gasteiger partial charge in [0.15, 0.2) is 5.60 Å². The minimum absolute atomic E-state index is 0.263. The Labute approximate surface area is 146 Å². The van der Waals surface area contributed by atoms with Gasteiger partial charge in [0, 0.05) is 43.5 Å². The summed E-state index contributed by atoms with van der Waals surface area (Å²) in [6.45, 7) is 4.49. The summed E-state index contributed by atoms with van der Waals surface area (Å²) in [6, 6.07) is 7.49. The van der Waals surface area contributed by atoms with Crippen LogP contribution in [0.3, 0.4) is 0 Å². The van der Waals surface area contributed by atoms with Gasteiger partial charge in [-0.3, -0.25) is 4.79 Å². The van der Waals surface area contributed by atoms with Crippen LogP contribution in [-0.4, -0.2) is 40.9 Å². The predicted octanol–water partition coefficient (Wildman–Crippen LogP) is 2.61. The summed E-state index contributed by atoms with van der Waals surface area (Å²) in [4.78, 5) is 23.8. The molecule has 0 bridgehead atoms. The molecule has 1 aromatic heterocycles. The number of nitrogens with zero attached hydrogens (tertiary/aromatic N) is 3. The van der Waals surface area contributed by atoms with Crippen LogP contribution in [0.4, 0.5) is 17.2 Å². The van der Waals surface area contributed by atoms with Crippen molar-refractivity contribution in [2.75, 3.05) is 23.8 Å². The molecule has 2 aliphatic heterocycles. The Morgan fingerprint density at radius 3 is 2.76 bits per heavy atom. The maximum Gasteiger partial charge on any atom is 0.204 e. The molecule has 128 valence electrons. The Balaban J connectivity index is 1.86. The van der Waals surface area contributed by atoms with E-state index in [4.69, 9.17) is 0 Å². The zero-order valence-electron chi connectivity index (χ0n) is 14.5. The second-order valence-electron chi connectivity index (χ2n) is 6.63. The molecule has 1 fully saturated rings. The van der Waals surface area contributed by atoms with E-state index in [9.17, 15) is 9.90 Å². The number of hydrogen-bond donors (Lipinski definition) is 2. The highest BCUT2D eigenvalue weighted by Gasteiger charge is 2.52. The molecule has 0 saturated carbocycles. The van der Waals surface area contributed by atoms with E-state index in [1.54, 1.807) is 13.2 Å². The van der Waals surface area contributed by atoms with Crippen LogP contribution in [0, 0.1) is 13.8 Å². The summed E-state index contributed by atoms with van der Waals surface area (Å²) in [5.41, 5.74) is 2.53. The fourth-order valence-corrected chi connectivity index (χ4v) is 3.47. The van der Waals surface area contributed by atoms with Crippen molar-refractivity contribution in [3.8, 4) is 0 Å². The van der Waals surface area contributed by atoms with Gasteiger partial charge in [0.25, 0.3) is 0 Å². The first kappa shape index (κ1) is 15.8. The highest BCUT2D eigenvalue weighted by atomic mass is 16.3. The van der Waals surface area contributed by atoms with Crippen molar-refractivity contribution >= 4 is 28.8 Å². The Morgan fingerprint density at radius 1 is 1.24 bits per heavy atom. The molecule has 2 N–H and O–H groups in total. The zero-order chi connectivity index (χ0) is 17.8. The van der Waals surface area contributed by atoms with E-state index in [2.05, 4.69) is 15.3 Å². The number of Topliss-reactive ketones (excluding diaryl/α,β-unsaturated/α-hetero) is 1. The number of carbonyl (C=O) groups is 1. The lowest BCUT2D eigenvalue weighted by atomic mass is 9.86. The second kappa shape index (κ2) is 5.39. The Kier molecular flexibility index (Phi) is 3.40. The van der Waals surface area contributed by atoms with Crippen molar-refractivity contribution in [3.05, 3.63) is 47.2 Å². The summed E-state index contributed by atoms with van der Waals surface area (Å²) >= 11 is 0. The van der Waals surface area contributed by atoms with Crippen LogP contribution in [0.5, 0.6) is 0 Å². The summed E-state index contributed by atoms with van der Waals surface area (Å²) in [5.74, 6) is 0.866. The first-order valence-electron chi connectivity index (χ1n) is 8.33. The Bertz CT molecular complexity index is 922. The first-order chi connectivity index (χ1) is 11.9. The largest absolute Gasteiger partial charge is 0.374 e. The van der Waals surface area contributed by atoms with Crippen LogP contribution >= 0.6 is 0 Å². The highest BCUT2D eigenvalue weighted by Crippen LogP contribution is 2.40. The van der Waals surface area contributed by atoms with Crippen LogP contribution in [0.1, 0.15) is 27.9 Å². The van der Waals surface area contributed by atoms with Gasteiger partial charge in [0.05, 0.1) is 5.69 Å². The van der Waals surface area contributed by atoms with Gasteiger partial charge in [-0.2, -0.15) is 0 Å². The maximum absolute atomic E-state index is 13.0. The maximum atomic E-state index is 13.0. The number of aryl methyl sites for hydroxylation is 2. The lowest BCUT2D eigenvalue weighted by molar-refractivity contribution is 0.0602. The SMILES string of the molecule is CNc1cc(N2CCC3(O)C(=O)c4cc(C)c(C)cc4N=C23)ccn1. The average Bonchev–Trinajstić information content (AvgIpc) is 2.95. The third-order valence-corrected chi connectivity index (χ3v) is 5.09. The summed E-state index contributed by atoms with van der Waals surface area (Å²) < 4.78 is 0. The van der Waals surface area contributed by atoms with Gasteiger partial charge in [-0.05, 0) is 43.2 Å². The average molecular weight is 336 g/mol. The predicted molar refractivity (Wildman–Crippen MR) is 98.0 cm³/mol. The van der Waals surface area contributed by atoms with Crippen LogP contribution in [0.2, 0.25) is 0 Å². The smallest absolute Gasteiger partial charge is 0.204 e. The van der Waals surface area contributed by atoms with E-state index < -0.39 is 5.60 Å². The van der Waals surface area contributed by atoms with Crippen molar-refractivity contribution in [3.63, 3.8) is 0 Å². The van der Waals surface area contributed by atoms with Crippen LogP contribution in [-0.2, 0) is 0 Å². The normalized spacial score (nSPS) is 21.7. The molecule has 1 aromatic carbocycles. The van der Waals surface area contributed by atoms with Gasteiger partial charge in [-0.25, -0.2) is 9.98 Å². The van der Waals surface area contributed by atoms with Gasteiger partial charge in [0.2, 0.25) is 5.78 Å². The molecular formula is C19H20N4O2. The third kappa shape index (κ3) is 2.25. The molecule has 0 aliphatic carbocycles. The van der Waals surface area contributed by atoms with Gasteiger partial charge in [-0.15, -0.1) is 0 Å². The number of fused-ring (bicyclic) bond motifs is 2. The number of carbonyl (C=O) groups excluding carboxylic acids is 1. The number of pyridine rings is 1. The molecule has 1 atom stereocenters. The lowest BCUT2D eigenvalue weighted by Gasteiger charge is -2.30. The fourth-order valence-electron chi connectivity index (χ4n) is 3.47. The van der Waals surface area contributed by atoms with Crippen molar-refractivity contribution in [1.82, 2.24) is 4.98 Å². The molecule has 1 unspecified atom stereocenters. The molecule has 1 saturated heterocycles. The van der Waals surface area contributed by atoms with E-state index in [0.29, 0.717) is 30.1 Å². The number of rotatable bonds is 2. The molecule has 2 aliphatic rings. The van der Waals surface area contributed by atoms with E-state index >= 15 is 0 Å². The summed E-state index contributed by atoms with van der Waals surface area (Å²) in [6.07, 6.45) is 2.03. The van der Waals surface area contributed by atoms with Gasteiger partial charge < -0.3 is 15.3 Å². The minimum Gasteiger partial charge on any atom is -0.374 e. The van der Waals surface area contributed by atoms with E-state index in [-0.39, 0.29) is 5.78 Å². The van der Waals surface area contributed by atoms with Gasteiger partial charge >= 0.3 is 0 Å². The molecule has 4 rings (SSSR count). The first-order valence-corrected chi connectivity index (χ1v) is 8.33. The molecule has 0 spiro atoms. The standard InChI is InChI=1S/C19H20N4O2/c1-11-8-14-15(9-12(11)2)22-18-19(25,17(14)24)5-7-23(18)13-4-6-21-16(10-13)20-3/h4,6,8-10,25H,5,7H2,1-3H3,(H,20,21). The number of aliphatic hydroxyl groups is 1. The summed E-state index contributed by atoms with van der Waals surface area (Å²) in [7, 11) is 1.80. The molecule has 6 nitrogen and oxygen atoms in total. The molecule has 25 heavy (non-hydrogen) atoms. The van der Waals surface area contributed by atoms with Crippen molar-refractivity contribution in [2.45, 2.75) is 25.9 Å². The molecule has 0 radical (unpaired) electrons. The second-order valence-corrected chi connectivity index (χ2v) is 6.63. The van der Waals surface area contributed by atoms with Crippen molar-refractivity contribution in [1.29, 1.82) is 0 Å². The monoisotopic (exact) mass is 336 g/mol. The number of hydrogen-bond acceptors (Lipinski definition) is 6. The fraction of sp³-hybridized carbons (Fsp3) is 0.316. The zero-order valence-corrected chi connectivity index (χ0v) is 14.5. The number of aliphatic imine (C=N–C) groups is 1. The van der Waals surface area contributed by atoms with Crippen LogP contribution in [0.25, 0.3) is 0 Å². The number of aromatic nitrogens is 1. The van der Waals surface area contributed by atoms with E-state index in [1.807, 2.05) is 43.0 Å². The number of amidine groups is 1. The van der Waals surface area contributed by atoms with E-state index in [0.717, 1.165) is 22.6 Å². The highest BCUT2D eigenvalue weighted by molar-refractivity contribution is 6.28. The third-order valence-electron chi connectivity index (χ3n) is 5.09. The molecule has 3 heterocycles. The van der Waals surface area contributed by atoms with Gasteiger partial charge in [0.1, 0.15) is 11.7 Å². The summed E-state index contributed by atoms with van der Waals surface area (Å²) in [5, 5.41) is 14.1. The Hall–Kier alpha value is -2.73. The number of benzene rings is 1. The van der Waals surface area contributed by atoms with E-state index in [1.165, 1.54) is 0 Å². The number of ketones is 1.